The minimum absolute atomic E-state index is 0.0610. The summed E-state index contributed by atoms with van der Waals surface area (Å²) in [5, 5.41) is 11.3. The van der Waals surface area contributed by atoms with Gasteiger partial charge in [0.25, 0.3) is 17.4 Å². The highest BCUT2D eigenvalue weighted by Crippen LogP contribution is 2.63. The molecule has 0 radical (unpaired) electrons. The molecule has 0 unspecified atom stereocenters. The number of nitrogens with one attached hydrogen (secondary N) is 1. The third-order valence-electron chi connectivity index (χ3n) is 12.7. The number of aryl methyl sites for hydroxylation is 2. The van der Waals surface area contributed by atoms with Gasteiger partial charge in [0.05, 0.1) is 73.6 Å². The number of methoxy groups -OCH3 is 3. The van der Waals surface area contributed by atoms with E-state index < -0.39 is 52.0 Å². The lowest BCUT2D eigenvalue weighted by Crippen LogP contribution is -2.53. The number of benzene rings is 4. The van der Waals surface area contributed by atoms with Crippen molar-refractivity contribution in [2.45, 2.75) is 43.3 Å². The van der Waals surface area contributed by atoms with Gasteiger partial charge >= 0.3 is 11.4 Å². The van der Waals surface area contributed by atoms with E-state index in [0.717, 1.165) is 9.58 Å². The van der Waals surface area contributed by atoms with Crippen LogP contribution in [0.15, 0.2) is 105 Å². The molecular weight excluding hydrogens is 881 g/mol. The number of hydrogen-bond acceptors (Lipinski definition) is 12. The molecule has 0 bridgehead atoms. The number of carbonyl (C=O) groups excluding carboxylic acids is 2. The number of halogens is 2. The Morgan fingerprint density at radius 2 is 1.62 bits per heavy atom. The Morgan fingerprint density at radius 1 is 0.877 bits per heavy atom. The summed E-state index contributed by atoms with van der Waals surface area (Å²) in [6, 6.07) is 21.0. The number of carbonyl (C=O) groups is 2. The van der Waals surface area contributed by atoms with Gasteiger partial charge in [-0.15, -0.1) is 0 Å². The summed E-state index contributed by atoms with van der Waals surface area (Å²) in [5.41, 5.74) is 2.51. The molecule has 3 aliphatic rings. The average Bonchev–Trinajstić information content (AvgIpc) is 3.69. The third-order valence-corrected chi connectivity index (χ3v) is 13.3. The maximum Gasteiger partial charge on any atom is 0.347 e. The van der Waals surface area contributed by atoms with Crippen molar-refractivity contribution in [2.75, 3.05) is 40.0 Å². The fourth-order valence-electron chi connectivity index (χ4n) is 9.78. The van der Waals surface area contributed by atoms with Crippen molar-refractivity contribution in [3.05, 3.63) is 149 Å². The highest BCUT2D eigenvalue weighted by atomic mass is 35.5. The minimum Gasteiger partial charge on any atom is -0.497 e. The zero-order valence-electron chi connectivity index (χ0n) is 35.6. The molecule has 4 aromatic carbocycles. The second-order valence-corrected chi connectivity index (χ2v) is 16.7. The Balaban J connectivity index is 1.19. The summed E-state index contributed by atoms with van der Waals surface area (Å²) in [5.74, 6) is -1.62. The van der Waals surface area contributed by atoms with Crippen molar-refractivity contribution in [1.29, 1.82) is 0 Å². The van der Waals surface area contributed by atoms with E-state index in [1.807, 2.05) is 6.08 Å². The largest absolute Gasteiger partial charge is 0.497 e. The monoisotopic (exact) mass is 923 g/mol. The van der Waals surface area contributed by atoms with Crippen molar-refractivity contribution in [1.82, 2.24) is 28.5 Å². The van der Waals surface area contributed by atoms with Gasteiger partial charge in [0.2, 0.25) is 0 Å². The summed E-state index contributed by atoms with van der Waals surface area (Å²) in [7, 11) is 6.10. The molecule has 17 nitrogen and oxygen atoms in total. The molecule has 1 saturated carbocycles. The molecule has 0 spiro atoms. The van der Waals surface area contributed by atoms with Crippen LogP contribution >= 0.6 is 23.2 Å². The predicted octanol–water partition coefficient (Wildman–Crippen LogP) is 4.62. The molecular formula is C46H43Cl2N7O10. The maximum atomic E-state index is 15.6. The molecule has 9 rings (SSSR count). The number of aromatic nitrogens is 5. The molecule has 4 heterocycles. The van der Waals surface area contributed by atoms with Gasteiger partial charge in [0, 0.05) is 48.6 Å². The lowest BCUT2D eigenvalue weighted by Gasteiger charge is -2.49. The van der Waals surface area contributed by atoms with E-state index in [1.165, 1.54) is 41.3 Å². The van der Waals surface area contributed by atoms with Gasteiger partial charge in [-0.2, -0.15) is 5.01 Å². The van der Waals surface area contributed by atoms with E-state index in [2.05, 4.69) is 10.4 Å². The lowest BCUT2D eigenvalue weighted by atomic mass is 9.53. The number of ether oxygens (including phenoxy) is 4. The van der Waals surface area contributed by atoms with Crippen LogP contribution in [0.5, 0.6) is 23.0 Å². The normalized spacial score (nSPS) is 20.0. The number of hydrogen-bond donors (Lipinski definition) is 2. The quantitative estimate of drug-likeness (QED) is 0.121. The third kappa shape index (κ3) is 6.87. The second-order valence-electron chi connectivity index (χ2n) is 15.9. The topological polar surface area (TPSA) is 190 Å². The van der Waals surface area contributed by atoms with Crippen LogP contribution < -0.4 is 41.3 Å². The first-order valence-corrected chi connectivity index (χ1v) is 21.4. The van der Waals surface area contributed by atoms with Gasteiger partial charge in [0.15, 0.2) is 11.5 Å². The minimum atomic E-state index is -1.67. The Kier molecular flexibility index (Phi) is 11.3. The molecule has 2 aromatic heterocycles. The number of fused-ring (bicyclic) bond motifs is 5. The number of nitrogens with zero attached hydrogens (tertiary/aromatic N) is 6. The molecule has 336 valence electrons. The van der Waals surface area contributed by atoms with Crippen LogP contribution in [-0.4, -0.2) is 80.0 Å². The Hall–Kier alpha value is -6.82. The van der Waals surface area contributed by atoms with Gasteiger partial charge < -0.3 is 28.6 Å². The van der Waals surface area contributed by atoms with Gasteiger partial charge in [0.1, 0.15) is 23.8 Å². The summed E-state index contributed by atoms with van der Waals surface area (Å²) in [6.45, 7) is -0.619. The smallest absolute Gasteiger partial charge is 0.347 e. The number of anilines is 1. The first-order chi connectivity index (χ1) is 31.4. The number of hydrazine groups is 1. The van der Waals surface area contributed by atoms with Crippen molar-refractivity contribution in [2.24, 2.45) is 13.0 Å². The molecule has 2 amide bonds. The van der Waals surface area contributed by atoms with Crippen LogP contribution in [-0.2, 0) is 41.6 Å². The number of imide groups is 1. The van der Waals surface area contributed by atoms with Crippen LogP contribution in [0.3, 0.4) is 0 Å². The van der Waals surface area contributed by atoms with Gasteiger partial charge in [-0.1, -0.05) is 59.6 Å². The van der Waals surface area contributed by atoms with Crippen LogP contribution in [0, 0.1) is 5.92 Å². The highest BCUT2D eigenvalue weighted by molar-refractivity contribution is 6.36. The Morgan fingerprint density at radius 3 is 2.32 bits per heavy atom. The molecule has 2 aliphatic heterocycles. The molecule has 65 heavy (non-hydrogen) atoms. The SMILES string of the molecule is COc1ccc([C@@]23C(=O)N(Nc4ccc(Cl)cc4Cl)C(=O)[C@@H]2C[C@@H]2C(=CCn4c(=O)n(CCc5nc6cc(OC)c(OC)cc6n(C)c5=O)c(=O)n42)[C@@H]3c2ccccc2OCCO)cc1. The van der Waals surface area contributed by atoms with E-state index in [0.29, 0.717) is 55.8 Å². The standard InChI is InChI=1S/C46H43Cl2N7O10/c1-51-36-24-39(64-4)38(63-3)23-34(36)49-33(42(51)58)16-17-52-44(60)53-18-15-28-35(55(53)45(52)61)22-30-41(57)54(50-32-14-11-26(47)21-31(32)48)43(59)46(30,25-9-12-27(62-2)13-10-25)40(28)29-7-5-6-8-37(29)65-20-19-56/h5-15,21,23-24,30,35,40,50,56H,16-20,22H2,1-4H3/t30-,35+,40+,46+/m0/s1. The summed E-state index contributed by atoms with van der Waals surface area (Å²) in [4.78, 5) is 78.1. The van der Waals surface area contributed by atoms with Gasteiger partial charge in [-0.05, 0) is 54.0 Å². The first-order valence-electron chi connectivity index (χ1n) is 20.7. The number of rotatable bonds is 13. The molecule has 2 N–H and O–H groups in total. The zero-order chi connectivity index (χ0) is 45.9. The van der Waals surface area contributed by atoms with E-state index in [1.54, 1.807) is 79.8 Å². The van der Waals surface area contributed by atoms with Crippen molar-refractivity contribution in [3.63, 3.8) is 0 Å². The van der Waals surface area contributed by atoms with E-state index in [-0.39, 0.29) is 55.5 Å². The summed E-state index contributed by atoms with van der Waals surface area (Å²) < 4.78 is 27.7. The number of aliphatic hydroxyl groups excluding tert-OH is 1. The fourth-order valence-corrected chi connectivity index (χ4v) is 10.2. The van der Waals surface area contributed by atoms with Gasteiger partial charge in [-0.25, -0.2) is 28.5 Å². The number of allylic oxidation sites excluding steroid dienone is 2. The van der Waals surface area contributed by atoms with Crippen LogP contribution in [0.25, 0.3) is 11.0 Å². The second kappa shape index (κ2) is 17.0. The number of aliphatic hydroxyl groups is 1. The first kappa shape index (κ1) is 43.4. The van der Waals surface area contributed by atoms with Crippen LogP contribution in [0.4, 0.5) is 5.69 Å². The predicted molar refractivity (Wildman–Crippen MR) is 240 cm³/mol. The van der Waals surface area contributed by atoms with Crippen molar-refractivity contribution >= 4 is 51.7 Å². The molecule has 1 aliphatic carbocycles. The zero-order valence-corrected chi connectivity index (χ0v) is 37.1. The highest BCUT2D eigenvalue weighted by Gasteiger charge is 2.69. The lowest BCUT2D eigenvalue weighted by molar-refractivity contribution is -0.138. The Labute approximate surface area is 380 Å². The van der Waals surface area contributed by atoms with Crippen LogP contribution in [0.1, 0.15) is 35.2 Å². The number of para-hydroxylation sites is 1. The number of amides is 2. The molecule has 4 atom stereocenters. The summed E-state index contributed by atoms with van der Waals surface area (Å²) >= 11 is 12.8. The van der Waals surface area contributed by atoms with Gasteiger partial charge in [-0.3, -0.25) is 19.8 Å². The Bertz CT molecular complexity index is 3120. The van der Waals surface area contributed by atoms with E-state index in [4.69, 9.17) is 42.1 Å². The van der Waals surface area contributed by atoms with E-state index in [9.17, 15) is 19.5 Å². The summed E-state index contributed by atoms with van der Waals surface area (Å²) in [6.07, 6.45) is 1.69. The van der Waals surface area contributed by atoms with Crippen molar-refractivity contribution < 1.29 is 33.6 Å². The molecule has 1 saturated heterocycles. The maximum absolute atomic E-state index is 15.6. The molecule has 19 heteroatoms. The molecule has 2 fully saturated rings. The average molecular weight is 925 g/mol. The molecule has 6 aromatic rings. The van der Waals surface area contributed by atoms with Crippen LogP contribution in [0.2, 0.25) is 10.0 Å². The van der Waals surface area contributed by atoms with E-state index >= 15 is 9.59 Å². The van der Waals surface area contributed by atoms with Crippen molar-refractivity contribution in [3.8, 4) is 23.0 Å². The fraction of sp³-hybridized carbons (Fsp3) is 0.304.